The summed E-state index contributed by atoms with van der Waals surface area (Å²) in [6, 6.07) is 9.21. The fraction of sp³-hybridized carbons (Fsp3) is 0.588. The summed E-state index contributed by atoms with van der Waals surface area (Å²) >= 11 is 0. The molecule has 1 saturated heterocycles. The average Bonchev–Trinajstić information content (AvgIpc) is 2.51. The summed E-state index contributed by atoms with van der Waals surface area (Å²) < 4.78 is 11.1. The lowest BCUT2D eigenvalue weighted by molar-refractivity contribution is -0.0148. The lowest BCUT2D eigenvalue weighted by atomic mass is 9.96. The molecule has 1 aliphatic rings. The van der Waals surface area contributed by atoms with Crippen LogP contribution in [0.4, 0.5) is 0 Å². The molecule has 0 radical (unpaired) electrons. The van der Waals surface area contributed by atoms with Gasteiger partial charge in [-0.2, -0.15) is 0 Å². The molecule has 0 unspecified atom stereocenters. The SMILES string of the molecule is CCOCCN1CC[C@@H](OC(=O)c2ccccc2)[C@@H](C)C1. The van der Waals surface area contributed by atoms with Gasteiger partial charge in [0, 0.05) is 32.2 Å². The summed E-state index contributed by atoms with van der Waals surface area (Å²) in [5.41, 5.74) is 0.628. The first-order valence-electron chi connectivity index (χ1n) is 7.76. The fourth-order valence-electron chi connectivity index (χ4n) is 2.71. The van der Waals surface area contributed by atoms with E-state index in [9.17, 15) is 4.79 Å². The summed E-state index contributed by atoms with van der Waals surface area (Å²) in [6.07, 6.45) is 0.910. The first-order chi connectivity index (χ1) is 10.2. The molecular formula is C17H25NO3. The van der Waals surface area contributed by atoms with E-state index in [0.717, 1.165) is 39.3 Å². The zero-order chi connectivity index (χ0) is 15.1. The molecule has 2 rings (SSSR count). The Kier molecular flexibility index (Phi) is 6.21. The van der Waals surface area contributed by atoms with E-state index in [1.807, 2.05) is 25.1 Å². The number of hydrogen-bond donors (Lipinski definition) is 0. The van der Waals surface area contributed by atoms with Crippen molar-refractivity contribution in [1.29, 1.82) is 0 Å². The Hall–Kier alpha value is -1.39. The zero-order valence-corrected chi connectivity index (χ0v) is 13.0. The van der Waals surface area contributed by atoms with Crippen LogP contribution in [0.5, 0.6) is 0 Å². The van der Waals surface area contributed by atoms with Crippen LogP contribution >= 0.6 is 0 Å². The number of carbonyl (C=O) groups excluding carboxylic acids is 1. The van der Waals surface area contributed by atoms with Crippen molar-refractivity contribution < 1.29 is 14.3 Å². The Morgan fingerprint density at radius 2 is 2.10 bits per heavy atom. The third-order valence-electron chi connectivity index (χ3n) is 3.93. The molecule has 1 fully saturated rings. The predicted molar refractivity (Wildman–Crippen MR) is 82.4 cm³/mol. The number of piperidine rings is 1. The highest BCUT2D eigenvalue weighted by Gasteiger charge is 2.28. The number of ether oxygens (including phenoxy) is 2. The number of esters is 1. The Labute approximate surface area is 127 Å². The molecule has 0 bridgehead atoms. The Bertz CT molecular complexity index is 435. The van der Waals surface area contributed by atoms with Gasteiger partial charge in [-0.05, 0) is 25.5 Å². The number of carbonyl (C=O) groups is 1. The Balaban J connectivity index is 1.79. The lowest BCUT2D eigenvalue weighted by Crippen LogP contribution is -2.44. The maximum Gasteiger partial charge on any atom is 0.338 e. The van der Waals surface area contributed by atoms with Crippen LogP contribution in [-0.2, 0) is 9.47 Å². The summed E-state index contributed by atoms with van der Waals surface area (Å²) in [5.74, 6) is 0.142. The summed E-state index contributed by atoms with van der Waals surface area (Å²) in [7, 11) is 0. The van der Waals surface area contributed by atoms with Gasteiger partial charge in [0.15, 0.2) is 0 Å². The van der Waals surface area contributed by atoms with E-state index in [0.29, 0.717) is 11.5 Å². The Morgan fingerprint density at radius 3 is 2.76 bits per heavy atom. The van der Waals surface area contributed by atoms with Gasteiger partial charge in [0.25, 0.3) is 0 Å². The minimum absolute atomic E-state index is 0.0149. The fourth-order valence-corrected chi connectivity index (χ4v) is 2.71. The zero-order valence-electron chi connectivity index (χ0n) is 13.0. The first-order valence-corrected chi connectivity index (χ1v) is 7.76. The van der Waals surface area contributed by atoms with Crippen LogP contribution in [0, 0.1) is 5.92 Å². The average molecular weight is 291 g/mol. The standard InChI is InChI=1S/C17H25NO3/c1-3-20-12-11-18-10-9-16(14(2)13-18)21-17(19)15-7-5-4-6-8-15/h4-8,14,16H,3,9-13H2,1-2H3/t14-,16+/m0/s1. The predicted octanol–water partition coefficient (Wildman–Crippen LogP) is 2.59. The summed E-state index contributed by atoms with van der Waals surface area (Å²) in [5, 5.41) is 0. The molecule has 0 amide bonds. The van der Waals surface area contributed by atoms with Crippen LogP contribution in [0.3, 0.4) is 0 Å². The van der Waals surface area contributed by atoms with Crippen molar-refractivity contribution in [2.24, 2.45) is 5.92 Å². The number of rotatable bonds is 6. The van der Waals surface area contributed by atoms with Crippen LogP contribution < -0.4 is 0 Å². The topological polar surface area (TPSA) is 38.8 Å². The van der Waals surface area contributed by atoms with Crippen LogP contribution in [0.2, 0.25) is 0 Å². The van der Waals surface area contributed by atoms with Crippen LogP contribution in [0.1, 0.15) is 30.6 Å². The van der Waals surface area contributed by atoms with Crippen LogP contribution in [0.15, 0.2) is 30.3 Å². The second-order valence-electron chi connectivity index (χ2n) is 5.57. The van der Waals surface area contributed by atoms with E-state index in [2.05, 4.69) is 11.8 Å². The second-order valence-corrected chi connectivity index (χ2v) is 5.57. The van der Waals surface area contributed by atoms with Crippen molar-refractivity contribution in [3.63, 3.8) is 0 Å². The number of likely N-dealkylation sites (tertiary alicyclic amines) is 1. The molecule has 4 nitrogen and oxygen atoms in total. The normalized spacial score (nSPS) is 23.0. The van der Waals surface area contributed by atoms with Crippen LogP contribution in [0.25, 0.3) is 0 Å². The van der Waals surface area contributed by atoms with Gasteiger partial charge >= 0.3 is 5.97 Å². The highest BCUT2D eigenvalue weighted by molar-refractivity contribution is 5.89. The molecule has 0 aliphatic carbocycles. The monoisotopic (exact) mass is 291 g/mol. The smallest absolute Gasteiger partial charge is 0.338 e. The van der Waals surface area contributed by atoms with Gasteiger partial charge in [-0.15, -0.1) is 0 Å². The van der Waals surface area contributed by atoms with Crippen molar-refractivity contribution in [3.8, 4) is 0 Å². The quantitative estimate of drug-likeness (QED) is 0.596. The van der Waals surface area contributed by atoms with E-state index in [1.165, 1.54) is 0 Å². The highest BCUT2D eigenvalue weighted by Crippen LogP contribution is 2.21. The van der Waals surface area contributed by atoms with Crippen molar-refractivity contribution in [2.45, 2.75) is 26.4 Å². The summed E-state index contributed by atoms with van der Waals surface area (Å²) in [6.45, 7) is 8.58. The molecule has 1 aromatic carbocycles. The molecule has 1 aromatic rings. The van der Waals surface area contributed by atoms with E-state index in [-0.39, 0.29) is 12.1 Å². The molecule has 0 aromatic heterocycles. The van der Waals surface area contributed by atoms with Gasteiger partial charge in [0.05, 0.1) is 12.2 Å². The molecule has 1 heterocycles. The van der Waals surface area contributed by atoms with E-state index in [1.54, 1.807) is 12.1 Å². The third kappa shape index (κ3) is 4.83. The van der Waals surface area contributed by atoms with Gasteiger partial charge in [-0.1, -0.05) is 25.1 Å². The highest BCUT2D eigenvalue weighted by atomic mass is 16.5. The molecule has 0 spiro atoms. The number of nitrogens with zero attached hydrogens (tertiary/aromatic N) is 1. The van der Waals surface area contributed by atoms with Gasteiger partial charge in [-0.3, -0.25) is 0 Å². The minimum atomic E-state index is -0.213. The Morgan fingerprint density at radius 1 is 1.33 bits per heavy atom. The van der Waals surface area contributed by atoms with Crippen molar-refractivity contribution in [1.82, 2.24) is 4.90 Å². The largest absolute Gasteiger partial charge is 0.458 e. The van der Waals surface area contributed by atoms with Gasteiger partial charge < -0.3 is 14.4 Å². The van der Waals surface area contributed by atoms with E-state index >= 15 is 0 Å². The number of benzene rings is 1. The van der Waals surface area contributed by atoms with Crippen molar-refractivity contribution >= 4 is 5.97 Å². The molecule has 21 heavy (non-hydrogen) atoms. The molecule has 2 atom stereocenters. The third-order valence-corrected chi connectivity index (χ3v) is 3.93. The molecule has 0 N–H and O–H groups in total. The van der Waals surface area contributed by atoms with Crippen LogP contribution in [-0.4, -0.2) is 49.8 Å². The molecule has 0 saturated carbocycles. The molecule has 116 valence electrons. The van der Waals surface area contributed by atoms with Gasteiger partial charge in [0.1, 0.15) is 6.10 Å². The van der Waals surface area contributed by atoms with Gasteiger partial charge in [-0.25, -0.2) is 4.79 Å². The van der Waals surface area contributed by atoms with Gasteiger partial charge in [0.2, 0.25) is 0 Å². The molecular weight excluding hydrogens is 266 g/mol. The molecule has 4 heteroatoms. The van der Waals surface area contributed by atoms with E-state index < -0.39 is 0 Å². The summed E-state index contributed by atoms with van der Waals surface area (Å²) in [4.78, 5) is 14.5. The number of hydrogen-bond acceptors (Lipinski definition) is 4. The van der Waals surface area contributed by atoms with E-state index in [4.69, 9.17) is 9.47 Å². The second kappa shape index (κ2) is 8.15. The lowest BCUT2D eigenvalue weighted by Gasteiger charge is -2.36. The minimum Gasteiger partial charge on any atom is -0.458 e. The first kappa shape index (κ1) is 16.0. The van der Waals surface area contributed by atoms with Crippen molar-refractivity contribution in [2.75, 3.05) is 32.8 Å². The maximum absolute atomic E-state index is 12.1. The van der Waals surface area contributed by atoms with Crippen molar-refractivity contribution in [3.05, 3.63) is 35.9 Å². The maximum atomic E-state index is 12.1. The molecule has 1 aliphatic heterocycles.